The summed E-state index contributed by atoms with van der Waals surface area (Å²) in [6, 6.07) is 10.9. The lowest BCUT2D eigenvalue weighted by atomic mass is 9.95. The number of aryl methyl sites for hydroxylation is 3. The first-order chi connectivity index (χ1) is 10.0. The highest BCUT2D eigenvalue weighted by Crippen LogP contribution is 2.30. The lowest BCUT2D eigenvalue weighted by molar-refractivity contribution is 0.675. The Morgan fingerprint density at radius 3 is 2.33 bits per heavy atom. The molecular formula is C19H24ClN. The molecule has 0 unspecified atom stereocenters. The fourth-order valence-electron chi connectivity index (χ4n) is 2.53. The average Bonchev–Trinajstić information content (AvgIpc) is 2.45. The highest BCUT2D eigenvalue weighted by Gasteiger charge is 2.07. The summed E-state index contributed by atoms with van der Waals surface area (Å²) >= 11 is 6.44. The van der Waals surface area contributed by atoms with Gasteiger partial charge in [0.05, 0.1) is 0 Å². The fraction of sp³-hybridized carbons (Fsp3) is 0.368. The van der Waals surface area contributed by atoms with Gasteiger partial charge in [-0.15, -0.1) is 0 Å². The molecule has 2 rings (SSSR count). The van der Waals surface area contributed by atoms with Crippen molar-refractivity contribution in [3.8, 4) is 11.1 Å². The Bertz CT molecular complexity index is 632. The van der Waals surface area contributed by atoms with E-state index in [9.17, 15) is 0 Å². The van der Waals surface area contributed by atoms with Crippen molar-refractivity contribution in [1.82, 2.24) is 5.32 Å². The summed E-state index contributed by atoms with van der Waals surface area (Å²) in [5.74, 6) is 0. The zero-order chi connectivity index (χ0) is 15.4. The van der Waals surface area contributed by atoms with Crippen molar-refractivity contribution in [1.29, 1.82) is 0 Å². The van der Waals surface area contributed by atoms with E-state index in [1.165, 1.54) is 27.8 Å². The van der Waals surface area contributed by atoms with Crippen molar-refractivity contribution in [3.05, 3.63) is 57.6 Å². The van der Waals surface area contributed by atoms with Gasteiger partial charge in [-0.25, -0.2) is 0 Å². The Hall–Kier alpha value is -1.31. The molecule has 0 radical (unpaired) electrons. The number of rotatable bonds is 5. The number of nitrogens with one attached hydrogen (secondary N) is 1. The maximum Gasteiger partial charge on any atom is 0.0457 e. The van der Waals surface area contributed by atoms with Crippen LogP contribution in [0.25, 0.3) is 11.1 Å². The summed E-state index contributed by atoms with van der Waals surface area (Å²) in [6.45, 7) is 10.5. The third kappa shape index (κ3) is 3.87. The molecule has 0 aliphatic carbocycles. The van der Waals surface area contributed by atoms with Gasteiger partial charge in [0.1, 0.15) is 0 Å². The van der Waals surface area contributed by atoms with Gasteiger partial charge in [-0.1, -0.05) is 42.8 Å². The van der Waals surface area contributed by atoms with Crippen LogP contribution >= 0.6 is 11.6 Å². The Morgan fingerprint density at radius 1 is 0.952 bits per heavy atom. The minimum absolute atomic E-state index is 0.832. The second-order valence-electron chi connectivity index (χ2n) is 5.73. The Kier molecular flexibility index (Phi) is 5.44. The quantitative estimate of drug-likeness (QED) is 0.726. The van der Waals surface area contributed by atoms with Crippen molar-refractivity contribution in [2.45, 2.75) is 40.7 Å². The van der Waals surface area contributed by atoms with Gasteiger partial charge in [0.2, 0.25) is 0 Å². The van der Waals surface area contributed by atoms with Gasteiger partial charge in [-0.2, -0.15) is 0 Å². The van der Waals surface area contributed by atoms with Gasteiger partial charge in [0, 0.05) is 11.6 Å². The van der Waals surface area contributed by atoms with Crippen LogP contribution in [0.1, 0.15) is 35.6 Å². The second-order valence-corrected chi connectivity index (χ2v) is 6.14. The van der Waals surface area contributed by atoms with Crippen molar-refractivity contribution < 1.29 is 0 Å². The highest BCUT2D eigenvalue weighted by atomic mass is 35.5. The first-order valence-corrected chi connectivity index (χ1v) is 7.98. The molecular weight excluding hydrogens is 278 g/mol. The molecule has 112 valence electrons. The molecule has 2 heteroatoms. The van der Waals surface area contributed by atoms with Gasteiger partial charge < -0.3 is 5.32 Å². The highest BCUT2D eigenvalue weighted by molar-refractivity contribution is 6.31. The van der Waals surface area contributed by atoms with Gasteiger partial charge in [0.25, 0.3) is 0 Å². The number of benzene rings is 2. The predicted octanol–water partition coefficient (Wildman–Crippen LogP) is 5.43. The number of hydrogen-bond acceptors (Lipinski definition) is 1. The van der Waals surface area contributed by atoms with Crippen LogP contribution in [0.2, 0.25) is 5.02 Å². The van der Waals surface area contributed by atoms with Crippen molar-refractivity contribution in [2.24, 2.45) is 0 Å². The zero-order valence-corrected chi connectivity index (χ0v) is 14.1. The SMILES string of the molecule is CCCNCc1ccc(-c2cc(C)c(C)cc2C)cc1Cl. The summed E-state index contributed by atoms with van der Waals surface area (Å²) in [4.78, 5) is 0. The van der Waals surface area contributed by atoms with E-state index in [-0.39, 0.29) is 0 Å². The predicted molar refractivity (Wildman–Crippen MR) is 93.1 cm³/mol. The monoisotopic (exact) mass is 301 g/mol. The molecule has 0 bridgehead atoms. The normalized spacial score (nSPS) is 10.9. The maximum atomic E-state index is 6.44. The molecule has 0 saturated heterocycles. The molecule has 0 amide bonds. The molecule has 0 aromatic heterocycles. The van der Waals surface area contributed by atoms with E-state index < -0.39 is 0 Å². The molecule has 1 N–H and O–H groups in total. The van der Waals surface area contributed by atoms with Crippen LogP contribution in [-0.4, -0.2) is 6.54 Å². The van der Waals surface area contributed by atoms with Crippen LogP contribution in [0.4, 0.5) is 0 Å². The molecule has 0 atom stereocenters. The van der Waals surface area contributed by atoms with Gasteiger partial charge >= 0.3 is 0 Å². The van der Waals surface area contributed by atoms with E-state index in [0.717, 1.165) is 30.1 Å². The van der Waals surface area contributed by atoms with Gasteiger partial charge in [0.15, 0.2) is 0 Å². The van der Waals surface area contributed by atoms with E-state index in [1.54, 1.807) is 0 Å². The Morgan fingerprint density at radius 2 is 1.67 bits per heavy atom. The smallest absolute Gasteiger partial charge is 0.0457 e. The molecule has 0 aliphatic rings. The molecule has 0 aliphatic heterocycles. The minimum atomic E-state index is 0.832. The second kappa shape index (κ2) is 7.11. The largest absolute Gasteiger partial charge is 0.313 e. The lowest BCUT2D eigenvalue weighted by Gasteiger charge is -2.12. The van der Waals surface area contributed by atoms with Crippen molar-refractivity contribution in [2.75, 3.05) is 6.54 Å². The van der Waals surface area contributed by atoms with Gasteiger partial charge in [-0.3, -0.25) is 0 Å². The maximum absolute atomic E-state index is 6.44. The summed E-state index contributed by atoms with van der Waals surface area (Å²) in [5.41, 5.74) is 7.58. The summed E-state index contributed by atoms with van der Waals surface area (Å²) < 4.78 is 0. The summed E-state index contributed by atoms with van der Waals surface area (Å²) in [7, 11) is 0. The van der Waals surface area contributed by atoms with Crippen LogP contribution in [0.3, 0.4) is 0 Å². The van der Waals surface area contributed by atoms with E-state index in [2.05, 4.69) is 63.3 Å². The van der Waals surface area contributed by atoms with E-state index >= 15 is 0 Å². The topological polar surface area (TPSA) is 12.0 Å². The first kappa shape index (κ1) is 16.1. The first-order valence-electron chi connectivity index (χ1n) is 7.60. The summed E-state index contributed by atoms with van der Waals surface area (Å²) in [5, 5.41) is 4.24. The average molecular weight is 302 g/mol. The Labute approximate surface area is 133 Å². The minimum Gasteiger partial charge on any atom is -0.313 e. The summed E-state index contributed by atoms with van der Waals surface area (Å²) in [6.07, 6.45) is 1.14. The molecule has 2 aromatic rings. The van der Waals surface area contributed by atoms with Crippen molar-refractivity contribution >= 4 is 11.6 Å². The lowest BCUT2D eigenvalue weighted by Crippen LogP contribution is -2.13. The molecule has 0 saturated carbocycles. The molecule has 2 aromatic carbocycles. The Balaban J connectivity index is 2.30. The van der Waals surface area contributed by atoms with E-state index in [1.807, 2.05) is 0 Å². The number of hydrogen-bond donors (Lipinski definition) is 1. The molecule has 21 heavy (non-hydrogen) atoms. The zero-order valence-electron chi connectivity index (χ0n) is 13.4. The molecule has 0 fully saturated rings. The van der Waals surface area contributed by atoms with E-state index in [4.69, 9.17) is 11.6 Å². The fourth-order valence-corrected chi connectivity index (χ4v) is 2.78. The number of halogens is 1. The van der Waals surface area contributed by atoms with Crippen LogP contribution in [-0.2, 0) is 6.54 Å². The molecule has 0 spiro atoms. The van der Waals surface area contributed by atoms with Crippen LogP contribution in [0.5, 0.6) is 0 Å². The molecule has 1 nitrogen and oxygen atoms in total. The van der Waals surface area contributed by atoms with Crippen molar-refractivity contribution in [3.63, 3.8) is 0 Å². The standard InChI is InChI=1S/C19H24ClN/c1-5-8-21-12-17-7-6-16(11-19(17)20)18-10-14(3)13(2)9-15(18)4/h6-7,9-11,21H,5,8,12H2,1-4H3. The van der Waals surface area contributed by atoms with E-state index in [0.29, 0.717) is 0 Å². The molecule has 0 heterocycles. The third-order valence-electron chi connectivity index (χ3n) is 3.95. The van der Waals surface area contributed by atoms with Crippen LogP contribution in [0, 0.1) is 20.8 Å². The third-order valence-corrected chi connectivity index (χ3v) is 4.30. The van der Waals surface area contributed by atoms with Crippen LogP contribution in [0.15, 0.2) is 30.3 Å². The van der Waals surface area contributed by atoms with Crippen LogP contribution < -0.4 is 5.32 Å². The van der Waals surface area contributed by atoms with Gasteiger partial charge in [-0.05, 0) is 73.2 Å².